The second-order valence-corrected chi connectivity index (χ2v) is 6.26. The number of aliphatic hydroxyl groups excluding tert-OH is 1. The van der Waals surface area contributed by atoms with Crippen LogP contribution in [0.2, 0.25) is 0 Å². The van der Waals surface area contributed by atoms with E-state index in [2.05, 4.69) is 37.2 Å². The molecule has 92 valence electrons. The summed E-state index contributed by atoms with van der Waals surface area (Å²) >= 11 is 7.76. The molecule has 0 spiro atoms. The van der Waals surface area contributed by atoms with Gasteiger partial charge in [0, 0.05) is 9.35 Å². The highest BCUT2D eigenvalue weighted by atomic mass is 79.9. The second kappa shape index (κ2) is 5.81. The molecule has 0 aliphatic heterocycles. The zero-order chi connectivity index (χ0) is 12.3. The van der Waals surface area contributed by atoms with Gasteiger partial charge in [0.1, 0.15) is 0 Å². The largest absolute Gasteiger partial charge is 0.401 e. The maximum atomic E-state index is 12.0. The minimum absolute atomic E-state index is 0.379. The van der Waals surface area contributed by atoms with Gasteiger partial charge in [0.05, 0.1) is 23.0 Å². The molecule has 0 fully saturated rings. The lowest BCUT2D eigenvalue weighted by Gasteiger charge is -2.15. The number of hydrogen-bond acceptors (Lipinski definition) is 3. The predicted octanol–water partition coefficient (Wildman–Crippen LogP) is 3.46. The summed E-state index contributed by atoms with van der Waals surface area (Å²) in [4.78, 5) is 0.644. The molecule has 1 heterocycles. The fourth-order valence-electron chi connectivity index (χ4n) is 1.03. The highest BCUT2D eigenvalue weighted by Crippen LogP contribution is 2.35. The minimum atomic E-state index is -4.28. The number of thiophene rings is 1. The molecule has 0 amide bonds. The Morgan fingerprint density at radius 2 is 2.06 bits per heavy atom. The van der Waals surface area contributed by atoms with Crippen molar-refractivity contribution in [3.8, 4) is 0 Å². The number of alkyl halides is 3. The summed E-state index contributed by atoms with van der Waals surface area (Å²) in [6.07, 6.45) is -4.28. The molecule has 1 unspecified atom stereocenters. The highest BCUT2D eigenvalue weighted by molar-refractivity contribution is 9.13. The van der Waals surface area contributed by atoms with Crippen molar-refractivity contribution in [1.29, 1.82) is 0 Å². The van der Waals surface area contributed by atoms with E-state index in [4.69, 9.17) is 5.11 Å². The van der Waals surface area contributed by atoms with Gasteiger partial charge in [-0.3, -0.25) is 5.32 Å². The summed E-state index contributed by atoms with van der Waals surface area (Å²) in [7, 11) is 0. The van der Waals surface area contributed by atoms with Crippen LogP contribution in [0.5, 0.6) is 0 Å². The first kappa shape index (κ1) is 14.4. The van der Waals surface area contributed by atoms with Crippen LogP contribution in [0.25, 0.3) is 0 Å². The average Bonchev–Trinajstić information content (AvgIpc) is 2.46. The molecule has 0 saturated carbocycles. The fourth-order valence-corrected chi connectivity index (χ4v) is 3.19. The van der Waals surface area contributed by atoms with Gasteiger partial charge in [-0.1, -0.05) is 0 Å². The zero-order valence-electron chi connectivity index (χ0n) is 7.81. The van der Waals surface area contributed by atoms with Gasteiger partial charge in [-0.25, -0.2) is 0 Å². The normalized spacial score (nSPS) is 14.1. The molecule has 16 heavy (non-hydrogen) atoms. The Bertz CT molecular complexity index is 336. The molecule has 1 atom stereocenters. The molecule has 0 saturated heterocycles. The third-order valence-electron chi connectivity index (χ3n) is 1.74. The van der Waals surface area contributed by atoms with E-state index in [1.807, 2.05) is 0 Å². The van der Waals surface area contributed by atoms with Crippen LogP contribution in [0.15, 0.2) is 14.3 Å². The van der Waals surface area contributed by atoms with Crippen LogP contribution >= 0.6 is 43.2 Å². The molecule has 0 bridgehead atoms. The molecule has 0 radical (unpaired) electrons. The monoisotopic (exact) mass is 381 g/mol. The molecule has 2 nitrogen and oxygen atoms in total. The summed E-state index contributed by atoms with van der Waals surface area (Å²) < 4.78 is 37.5. The van der Waals surface area contributed by atoms with Crippen LogP contribution in [-0.2, 0) is 0 Å². The van der Waals surface area contributed by atoms with Crippen molar-refractivity contribution in [3.05, 3.63) is 19.2 Å². The van der Waals surface area contributed by atoms with Gasteiger partial charge in [-0.05, 0) is 37.9 Å². The van der Waals surface area contributed by atoms with E-state index in [-0.39, 0.29) is 6.61 Å². The molecule has 8 heteroatoms. The van der Waals surface area contributed by atoms with Gasteiger partial charge in [0.25, 0.3) is 0 Å². The predicted molar refractivity (Wildman–Crippen MR) is 63.6 cm³/mol. The Labute approximate surface area is 111 Å². The molecule has 2 N–H and O–H groups in total. The maximum Gasteiger partial charge on any atom is 0.401 e. The lowest BCUT2D eigenvalue weighted by molar-refractivity contribution is -0.126. The van der Waals surface area contributed by atoms with Crippen LogP contribution < -0.4 is 5.32 Å². The lowest BCUT2D eigenvalue weighted by atomic mass is 10.2. The van der Waals surface area contributed by atoms with Crippen molar-refractivity contribution in [3.63, 3.8) is 0 Å². The third kappa shape index (κ3) is 4.33. The Kier molecular flexibility index (Phi) is 5.24. The van der Waals surface area contributed by atoms with E-state index in [9.17, 15) is 13.2 Å². The summed E-state index contributed by atoms with van der Waals surface area (Å²) in [5.74, 6) is 0. The average molecular weight is 383 g/mol. The number of aliphatic hydroxyl groups is 1. The number of nitrogens with one attached hydrogen (secondary N) is 1. The smallest absolute Gasteiger partial charge is 0.394 e. The Hall–Kier alpha value is 0.370. The van der Waals surface area contributed by atoms with Crippen LogP contribution in [0.4, 0.5) is 13.2 Å². The molecular weight excluding hydrogens is 375 g/mol. The Morgan fingerprint density at radius 3 is 2.44 bits per heavy atom. The van der Waals surface area contributed by atoms with Crippen molar-refractivity contribution in [1.82, 2.24) is 5.32 Å². The van der Waals surface area contributed by atoms with Gasteiger partial charge in [-0.2, -0.15) is 13.2 Å². The maximum absolute atomic E-state index is 12.0. The minimum Gasteiger partial charge on any atom is -0.394 e. The van der Waals surface area contributed by atoms with Crippen LogP contribution in [0.1, 0.15) is 10.9 Å². The number of hydrogen-bond donors (Lipinski definition) is 2. The lowest BCUT2D eigenvalue weighted by Crippen LogP contribution is -2.33. The number of halogens is 5. The van der Waals surface area contributed by atoms with E-state index in [0.717, 1.165) is 8.26 Å². The van der Waals surface area contributed by atoms with Crippen LogP contribution in [0, 0.1) is 0 Å². The van der Waals surface area contributed by atoms with Gasteiger partial charge in [0.2, 0.25) is 0 Å². The Morgan fingerprint density at radius 1 is 1.44 bits per heavy atom. The van der Waals surface area contributed by atoms with E-state index in [1.165, 1.54) is 11.3 Å². The summed E-state index contributed by atoms with van der Waals surface area (Å²) in [5.41, 5.74) is 0. The first-order chi connectivity index (χ1) is 7.33. The molecular formula is C8H8Br2F3NOS. The molecule has 1 aromatic rings. The van der Waals surface area contributed by atoms with Gasteiger partial charge in [-0.15, -0.1) is 11.3 Å². The summed E-state index contributed by atoms with van der Waals surface area (Å²) in [5, 5.41) is 11.3. The van der Waals surface area contributed by atoms with Crippen molar-refractivity contribution in [2.24, 2.45) is 0 Å². The third-order valence-corrected chi connectivity index (χ3v) is 5.11. The summed E-state index contributed by atoms with van der Waals surface area (Å²) in [6, 6.07) is 0.980. The first-order valence-corrected chi connectivity index (χ1v) is 6.59. The molecule has 1 rings (SSSR count). The second-order valence-electron chi connectivity index (χ2n) is 3.00. The van der Waals surface area contributed by atoms with Crippen LogP contribution in [-0.4, -0.2) is 24.4 Å². The van der Waals surface area contributed by atoms with Crippen molar-refractivity contribution in [2.45, 2.75) is 12.2 Å². The first-order valence-electron chi connectivity index (χ1n) is 4.19. The van der Waals surface area contributed by atoms with Crippen molar-refractivity contribution in [2.75, 3.05) is 13.2 Å². The molecule has 0 aromatic carbocycles. The molecule has 1 aromatic heterocycles. The molecule has 0 aliphatic carbocycles. The molecule has 0 aliphatic rings. The van der Waals surface area contributed by atoms with E-state index in [1.54, 1.807) is 6.07 Å². The van der Waals surface area contributed by atoms with Gasteiger partial charge >= 0.3 is 6.18 Å². The van der Waals surface area contributed by atoms with Gasteiger partial charge in [0.15, 0.2) is 0 Å². The van der Waals surface area contributed by atoms with Gasteiger partial charge < -0.3 is 5.11 Å². The van der Waals surface area contributed by atoms with E-state index < -0.39 is 18.8 Å². The van der Waals surface area contributed by atoms with Crippen molar-refractivity contribution >= 4 is 43.2 Å². The van der Waals surface area contributed by atoms with Crippen LogP contribution in [0.3, 0.4) is 0 Å². The van der Waals surface area contributed by atoms with E-state index >= 15 is 0 Å². The standard InChI is InChI=1S/C8H8Br2F3NOS/c9-4-1-6(16-7(4)10)5(2-15)14-3-8(11,12)13/h1,5,14-15H,2-3H2. The highest BCUT2D eigenvalue weighted by Gasteiger charge is 2.28. The SMILES string of the molecule is OCC(NCC(F)(F)F)c1cc(Br)c(Br)s1. The summed E-state index contributed by atoms with van der Waals surface area (Å²) in [6.45, 7) is -1.50. The quantitative estimate of drug-likeness (QED) is 0.835. The topological polar surface area (TPSA) is 32.3 Å². The Balaban J connectivity index is 2.68. The zero-order valence-corrected chi connectivity index (χ0v) is 11.8. The van der Waals surface area contributed by atoms with E-state index in [0.29, 0.717) is 4.88 Å². The number of rotatable bonds is 4. The fraction of sp³-hybridized carbons (Fsp3) is 0.500. The van der Waals surface area contributed by atoms with Crippen molar-refractivity contribution < 1.29 is 18.3 Å².